The molecule has 176 valence electrons. The van der Waals surface area contributed by atoms with Crippen molar-refractivity contribution in [3.63, 3.8) is 0 Å². The maximum atomic E-state index is 12.9. The number of hydrogen-bond donors (Lipinski definition) is 2. The van der Waals surface area contributed by atoms with Gasteiger partial charge in [-0.05, 0) is 36.1 Å². The zero-order chi connectivity index (χ0) is 23.8. The largest absolute Gasteiger partial charge is 0.481 e. The number of amides is 2. The van der Waals surface area contributed by atoms with E-state index in [0.717, 1.165) is 22.3 Å². The Kier molecular flexibility index (Phi) is 8.43. The molecule has 2 aromatic carbocycles. The molecule has 2 N–H and O–H groups in total. The topological polar surface area (TPSA) is 105 Å². The van der Waals surface area contributed by atoms with Crippen LogP contribution >= 0.6 is 0 Å². The molecular formula is C25H30N2O6. The van der Waals surface area contributed by atoms with Crippen LogP contribution in [0, 0.1) is 0 Å². The van der Waals surface area contributed by atoms with Crippen LogP contribution in [0.2, 0.25) is 0 Å². The molecule has 0 heterocycles. The average Bonchev–Trinajstić information content (AvgIpc) is 3.13. The van der Waals surface area contributed by atoms with Crippen molar-refractivity contribution in [1.29, 1.82) is 0 Å². The van der Waals surface area contributed by atoms with Crippen LogP contribution in [0.1, 0.15) is 37.3 Å². The van der Waals surface area contributed by atoms with Crippen molar-refractivity contribution in [3.8, 4) is 11.1 Å². The second-order valence-corrected chi connectivity index (χ2v) is 7.74. The normalized spacial score (nSPS) is 13.0. The third-order valence-corrected chi connectivity index (χ3v) is 5.72. The van der Waals surface area contributed by atoms with Gasteiger partial charge in [0.2, 0.25) is 5.91 Å². The highest BCUT2D eigenvalue weighted by molar-refractivity contribution is 5.89. The molecule has 3 rings (SSSR count). The summed E-state index contributed by atoms with van der Waals surface area (Å²) in [7, 11) is 0. The lowest BCUT2D eigenvalue weighted by molar-refractivity contribution is -0.142. The van der Waals surface area contributed by atoms with Gasteiger partial charge in [0.15, 0.2) is 0 Å². The second kappa shape index (κ2) is 11.5. The first-order chi connectivity index (χ1) is 16.0. The zero-order valence-electron chi connectivity index (χ0n) is 19.0. The Morgan fingerprint density at radius 2 is 1.64 bits per heavy atom. The Morgan fingerprint density at radius 3 is 2.18 bits per heavy atom. The number of carbonyl (C=O) groups is 3. The van der Waals surface area contributed by atoms with Gasteiger partial charge in [0, 0.05) is 25.6 Å². The molecule has 0 bridgehead atoms. The van der Waals surface area contributed by atoms with E-state index in [9.17, 15) is 19.5 Å². The molecule has 0 spiro atoms. The highest BCUT2D eigenvalue weighted by atomic mass is 16.5. The van der Waals surface area contributed by atoms with Gasteiger partial charge in [-0.25, -0.2) is 4.79 Å². The van der Waals surface area contributed by atoms with Crippen LogP contribution in [0.5, 0.6) is 0 Å². The molecule has 8 nitrogen and oxygen atoms in total. The van der Waals surface area contributed by atoms with Gasteiger partial charge in [-0.1, -0.05) is 48.5 Å². The summed E-state index contributed by atoms with van der Waals surface area (Å²) >= 11 is 0. The molecule has 0 fully saturated rings. The molecule has 1 aliphatic carbocycles. The van der Waals surface area contributed by atoms with Crippen LogP contribution in [0.4, 0.5) is 4.79 Å². The van der Waals surface area contributed by atoms with Gasteiger partial charge in [-0.15, -0.1) is 0 Å². The quantitative estimate of drug-likeness (QED) is 0.505. The van der Waals surface area contributed by atoms with Crippen LogP contribution in [0.15, 0.2) is 48.5 Å². The van der Waals surface area contributed by atoms with Crippen LogP contribution < -0.4 is 5.32 Å². The average molecular weight is 455 g/mol. The van der Waals surface area contributed by atoms with Crippen molar-refractivity contribution in [2.75, 3.05) is 32.9 Å². The molecule has 1 atom stereocenters. The summed E-state index contributed by atoms with van der Waals surface area (Å²) < 4.78 is 10.8. The predicted molar refractivity (Wildman–Crippen MR) is 123 cm³/mol. The van der Waals surface area contributed by atoms with Crippen LogP contribution in [-0.2, 0) is 19.1 Å². The number of aliphatic carboxylic acids is 1. The summed E-state index contributed by atoms with van der Waals surface area (Å²) in [6, 6.07) is 14.7. The van der Waals surface area contributed by atoms with Crippen molar-refractivity contribution in [3.05, 3.63) is 59.7 Å². The molecule has 0 aromatic heterocycles. The lowest BCUT2D eigenvalue weighted by Crippen LogP contribution is -2.50. The zero-order valence-corrected chi connectivity index (χ0v) is 19.0. The minimum absolute atomic E-state index is 0.0790. The van der Waals surface area contributed by atoms with Gasteiger partial charge < -0.3 is 24.8 Å². The van der Waals surface area contributed by atoms with Gasteiger partial charge >= 0.3 is 12.1 Å². The molecule has 2 amide bonds. The monoisotopic (exact) mass is 454 g/mol. The van der Waals surface area contributed by atoms with E-state index in [0.29, 0.717) is 26.3 Å². The minimum atomic E-state index is -1.22. The van der Waals surface area contributed by atoms with Crippen LogP contribution in [0.3, 0.4) is 0 Å². The Morgan fingerprint density at radius 1 is 1.03 bits per heavy atom. The van der Waals surface area contributed by atoms with Crippen molar-refractivity contribution < 1.29 is 29.0 Å². The van der Waals surface area contributed by atoms with E-state index in [2.05, 4.69) is 5.32 Å². The number of ether oxygens (including phenoxy) is 2. The van der Waals surface area contributed by atoms with Crippen LogP contribution in [-0.4, -0.2) is 66.9 Å². The number of carboxylic acids is 1. The molecule has 0 saturated carbocycles. The number of benzene rings is 2. The minimum Gasteiger partial charge on any atom is -0.481 e. The number of nitrogens with one attached hydrogen (secondary N) is 1. The smallest absolute Gasteiger partial charge is 0.407 e. The molecule has 33 heavy (non-hydrogen) atoms. The first kappa shape index (κ1) is 24.3. The SMILES string of the molecule is CCOCCN(CC)C(=O)C(CC(=O)O)NC(=O)OCC1c2ccccc2-c2ccccc21. The van der Waals surface area contributed by atoms with Crippen molar-refractivity contribution in [2.45, 2.75) is 32.2 Å². The summed E-state index contributed by atoms with van der Waals surface area (Å²) in [5.74, 6) is -1.80. The third kappa shape index (κ3) is 5.90. The van der Waals surface area contributed by atoms with Gasteiger partial charge in [0.1, 0.15) is 12.6 Å². The highest BCUT2D eigenvalue weighted by Crippen LogP contribution is 2.44. The molecule has 2 aromatic rings. The molecule has 1 aliphatic rings. The first-order valence-electron chi connectivity index (χ1n) is 11.2. The van der Waals surface area contributed by atoms with Crippen LogP contribution in [0.25, 0.3) is 11.1 Å². The maximum Gasteiger partial charge on any atom is 0.407 e. The fraction of sp³-hybridized carbons (Fsp3) is 0.400. The number of alkyl carbamates (subject to hydrolysis) is 1. The van der Waals surface area contributed by atoms with Gasteiger partial charge in [-0.3, -0.25) is 9.59 Å². The number of likely N-dealkylation sites (N-methyl/N-ethyl adjacent to an activating group) is 1. The molecule has 1 unspecified atom stereocenters. The number of rotatable bonds is 11. The molecule has 0 aliphatic heterocycles. The standard InChI is InChI=1S/C25H30N2O6/c1-3-27(13-14-32-4-2)24(30)22(15-23(28)29)26-25(31)33-16-21-19-11-7-5-9-17(19)18-10-6-8-12-20(18)21/h5-12,21-22H,3-4,13-16H2,1-2H3,(H,26,31)(H,28,29). The fourth-order valence-corrected chi connectivity index (χ4v) is 4.12. The van der Waals surface area contributed by atoms with E-state index < -0.39 is 30.4 Å². The third-order valence-electron chi connectivity index (χ3n) is 5.72. The number of nitrogens with zero attached hydrogens (tertiary/aromatic N) is 1. The summed E-state index contributed by atoms with van der Waals surface area (Å²) in [6.07, 6.45) is -1.36. The molecule has 0 saturated heterocycles. The fourth-order valence-electron chi connectivity index (χ4n) is 4.12. The van der Waals surface area contributed by atoms with E-state index in [-0.39, 0.29) is 12.5 Å². The molecule has 8 heteroatoms. The van der Waals surface area contributed by atoms with E-state index in [1.54, 1.807) is 6.92 Å². The summed E-state index contributed by atoms with van der Waals surface area (Å²) in [5.41, 5.74) is 4.35. The Bertz CT molecular complexity index is 947. The maximum absolute atomic E-state index is 12.9. The van der Waals surface area contributed by atoms with E-state index in [1.165, 1.54) is 4.90 Å². The Hall–Kier alpha value is -3.39. The number of carboxylic acid groups (broad SMARTS) is 1. The number of carbonyl (C=O) groups excluding carboxylic acids is 2. The number of fused-ring (bicyclic) bond motifs is 3. The second-order valence-electron chi connectivity index (χ2n) is 7.74. The predicted octanol–water partition coefficient (Wildman–Crippen LogP) is 3.25. The Labute approximate surface area is 193 Å². The van der Waals surface area contributed by atoms with Gasteiger partial charge in [0.05, 0.1) is 13.0 Å². The molecular weight excluding hydrogens is 424 g/mol. The van der Waals surface area contributed by atoms with Crippen molar-refractivity contribution in [1.82, 2.24) is 10.2 Å². The summed E-state index contributed by atoms with van der Waals surface area (Å²) in [5, 5.41) is 11.7. The number of hydrogen-bond acceptors (Lipinski definition) is 5. The summed E-state index contributed by atoms with van der Waals surface area (Å²) in [6.45, 7) is 5.25. The van der Waals surface area contributed by atoms with E-state index in [1.807, 2.05) is 55.5 Å². The van der Waals surface area contributed by atoms with E-state index >= 15 is 0 Å². The first-order valence-corrected chi connectivity index (χ1v) is 11.2. The Balaban J connectivity index is 1.66. The van der Waals surface area contributed by atoms with Gasteiger partial charge in [0.25, 0.3) is 0 Å². The highest BCUT2D eigenvalue weighted by Gasteiger charge is 2.31. The lowest BCUT2D eigenvalue weighted by atomic mass is 9.98. The van der Waals surface area contributed by atoms with Gasteiger partial charge in [-0.2, -0.15) is 0 Å². The summed E-state index contributed by atoms with van der Waals surface area (Å²) in [4.78, 5) is 38.2. The van der Waals surface area contributed by atoms with Crippen molar-refractivity contribution >= 4 is 18.0 Å². The lowest BCUT2D eigenvalue weighted by Gasteiger charge is -2.26. The molecule has 0 radical (unpaired) electrons. The van der Waals surface area contributed by atoms with E-state index in [4.69, 9.17) is 9.47 Å². The van der Waals surface area contributed by atoms with Crippen molar-refractivity contribution in [2.24, 2.45) is 0 Å².